The molecule has 2 heterocycles. The number of nitrogens with one attached hydrogen (secondary N) is 1. The van der Waals surface area contributed by atoms with Crippen molar-refractivity contribution in [2.24, 2.45) is 0 Å². The Bertz CT molecular complexity index is 752. The van der Waals surface area contributed by atoms with E-state index in [1.54, 1.807) is 11.8 Å². The third-order valence-corrected chi connectivity index (χ3v) is 4.73. The van der Waals surface area contributed by atoms with Gasteiger partial charge < -0.3 is 20.1 Å². The molecule has 0 unspecified atom stereocenters. The highest BCUT2D eigenvalue weighted by Crippen LogP contribution is 2.37. The minimum absolute atomic E-state index is 0.0632. The van der Waals surface area contributed by atoms with Crippen LogP contribution in [0.5, 0.6) is 0 Å². The summed E-state index contributed by atoms with van der Waals surface area (Å²) in [6, 6.07) is 0. The Morgan fingerprint density at radius 3 is 2.64 bits per heavy atom. The van der Waals surface area contributed by atoms with Gasteiger partial charge in [0, 0.05) is 30.5 Å². The summed E-state index contributed by atoms with van der Waals surface area (Å²) >= 11 is 1.19. The fourth-order valence-corrected chi connectivity index (χ4v) is 3.73. The number of carboxylic acids is 1. The number of esters is 1. The second kappa shape index (κ2) is 7.93. The third-order valence-electron chi connectivity index (χ3n) is 3.60. The summed E-state index contributed by atoms with van der Waals surface area (Å²) in [4.78, 5) is 48.7. The molecule has 25 heavy (non-hydrogen) atoms. The average Bonchev–Trinajstić information content (AvgIpc) is 2.89. The first kappa shape index (κ1) is 18.7. The van der Waals surface area contributed by atoms with Crippen molar-refractivity contribution in [3.05, 3.63) is 28.2 Å². The van der Waals surface area contributed by atoms with Crippen molar-refractivity contribution in [3.63, 3.8) is 0 Å². The van der Waals surface area contributed by atoms with E-state index in [-0.39, 0.29) is 18.1 Å². The van der Waals surface area contributed by atoms with Gasteiger partial charge in [-0.3, -0.25) is 9.59 Å². The quantitative estimate of drug-likeness (QED) is 0.602. The summed E-state index contributed by atoms with van der Waals surface area (Å²) in [7, 11) is 0. The first-order chi connectivity index (χ1) is 11.8. The molecule has 0 bridgehead atoms. The molecule has 8 nitrogen and oxygen atoms in total. The zero-order chi connectivity index (χ0) is 18.6. The molecule has 0 saturated heterocycles. The lowest BCUT2D eigenvalue weighted by atomic mass is 10.0. The number of carbonyl (C=O) groups excluding carboxylic acids is 3. The van der Waals surface area contributed by atoms with Crippen molar-refractivity contribution in [1.29, 1.82) is 0 Å². The number of hydrogen-bond acceptors (Lipinski definition) is 6. The topological polar surface area (TPSA) is 113 Å². The molecule has 2 amide bonds. The maximum Gasteiger partial charge on any atom is 0.341 e. The molecular weight excluding hydrogens is 348 g/mol. The number of aliphatic carboxylic acids is 1. The molecule has 0 fully saturated rings. The predicted octanol–water partition coefficient (Wildman–Crippen LogP) is 1.41. The first-order valence-corrected chi connectivity index (χ1v) is 8.44. The molecule has 2 N–H and O–H groups in total. The summed E-state index contributed by atoms with van der Waals surface area (Å²) in [6.45, 7) is 4.20. The van der Waals surface area contributed by atoms with E-state index in [0.29, 0.717) is 30.6 Å². The monoisotopic (exact) mass is 366 g/mol. The summed E-state index contributed by atoms with van der Waals surface area (Å²) in [5.41, 5.74) is 1.04. The van der Waals surface area contributed by atoms with E-state index in [9.17, 15) is 19.2 Å². The SMILES string of the molecule is CCOC(=O)c1c(NC(=O)C=CC(=O)O)sc2c1CCN(C(C)=O)C2. The fourth-order valence-electron chi connectivity index (χ4n) is 2.48. The van der Waals surface area contributed by atoms with Crippen LogP contribution in [0.3, 0.4) is 0 Å². The molecule has 0 atom stereocenters. The molecule has 1 aliphatic heterocycles. The Hall–Kier alpha value is -2.68. The Morgan fingerprint density at radius 2 is 2.04 bits per heavy atom. The Kier molecular flexibility index (Phi) is 5.92. The van der Waals surface area contributed by atoms with E-state index in [2.05, 4.69) is 5.32 Å². The van der Waals surface area contributed by atoms with Gasteiger partial charge in [-0.2, -0.15) is 0 Å². The van der Waals surface area contributed by atoms with Crippen LogP contribution in [0, 0.1) is 0 Å². The molecule has 1 aromatic rings. The lowest BCUT2D eigenvalue weighted by molar-refractivity contribution is -0.132. The van der Waals surface area contributed by atoms with Gasteiger partial charge in [0.15, 0.2) is 0 Å². The zero-order valence-corrected chi connectivity index (χ0v) is 14.6. The number of carboxylic acid groups (broad SMARTS) is 1. The second-order valence-electron chi connectivity index (χ2n) is 5.28. The maximum absolute atomic E-state index is 12.3. The van der Waals surface area contributed by atoms with Gasteiger partial charge in [0.1, 0.15) is 5.00 Å². The van der Waals surface area contributed by atoms with Gasteiger partial charge in [-0.05, 0) is 18.9 Å². The zero-order valence-electron chi connectivity index (χ0n) is 13.8. The van der Waals surface area contributed by atoms with Gasteiger partial charge in [0.2, 0.25) is 11.8 Å². The lowest BCUT2D eigenvalue weighted by Gasteiger charge is -2.25. The lowest BCUT2D eigenvalue weighted by Crippen LogP contribution is -2.34. The molecule has 9 heteroatoms. The smallest absolute Gasteiger partial charge is 0.341 e. The fraction of sp³-hybridized carbons (Fsp3) is 0.375. The summed E-state index contributed by atoms with van der Waals surface area (Å²) < 4.78 is 5.07. The molecule has 0 spiro atoms. The molecule has 0 radical (unpaired) electrons. The largest absolute Gasteiger partial charge is 0.478 e. The van der Waals surface area contributed by atoms with Crippen LogP contribution in [-0.2, 0) is 32.1 Å². The highest BCUT2D eigenvalue weighted by molar-refractivity contribution is 7.17. The Morgan fingerprint density at radius 1 is 1.32 bits per heavy atom. The van der Waals surface area contributed by atoms with Gasteiger partial charge in [0.05, 0.1) is 18.7 Å². The van der Waals surface area contributed by atoms with Crippen LogP contribution >= 0.6 is 11.3 Å². The minimum atomic E-state index is -1.25. The number of anilines is 1. The number of amides is 2. The van der Waals surface area contributed by atoms with E-state index < -0.39 is 17.8 Å². The van der Waals surface area contributed by atoms with E-state index in [0.717, 1.165) is 16.5 Å². The molecule has 134 valence electrons. The van der Waals surface area contributed by atoms with Crippen molar-refractivity contribution in [1.82, 2.24) is 4.90 Å². The van der Waals surface area contributed by atoms with E-state index in [4.69, 9.17) is 9.84 Å². The van der Waals surface area contributed by atoms with E-state index in [1.165, 1.54) is 18.3 Å². The van der Waals surface area contributed by atoms with Crippen LogP contribution in [-0.4, -0.2) is 46.9 Å². The van der Waals surface area contributed by atoms with Gasteiger partial charge in [-0.15, -0.1) is 11.3 Å². The van der Waals surface area contributed by atoms with Crippen LogP contribution in [0.2, 0.25) is 0 Å². The van der Waals surface area contributed by atoms with Crippen molar-refractivity contribution in [2.45, 2.75) is 26.8 Å². The highest BCUT2D eigenvalue weighted by Gasteiger charge is 2.30. The van der Waals surface area contributed by atoms with Crippen LogP contribution in [0.15, 0.2) is 12.2 Å². The number of ether oxygens (including phenoxy) is 1. The second-order valence-corrected chi connectivity index (χ2v) is 6.38. The summed E-state index contributed by atoms with van der Waals surface area (Å²) in [5.74, 6) is -2.51. The number of thiophene rings is 1. The van der Waals surface area contributed by atoms with Crippen LogP contribution in [0.25, 0.3) is 0 Å². The minimum Gasteiger partial charge on any atom is -0.478 e. The number of fused-ring (bicyclic) bond motifs is 1. The van der Waals surface area contributed by atoms with Crippen molar-refractivity contribution < 1.29 is 29.0 Å². The number of nitrogens with zero attached hydrogens (tertiary/aromatic N) is 1. The molecule has 1 aromatic heterocycles. The van der Waals surface area contributed by atoms with Crippen LogP contribution in [0.1, 0.15) is 34.6 Å². The number of rotatable bonds is 5. The summed E-state index contributed by atoms with van der Waals surface area (Å²) in [6.07, 6.45) is 2.07. The molecular formula is C16H18N2O6S. The molecule has 1 aliphatic rings. The van der Waals surface area contributed by atoms with Gasteiger partial charge >= 0.3 is 11.9 Å². The van der Waals surface area contributed by atoms with Crippen molar-refractivity contribution in [2.75, 3.05) is 18.5 Å². The van der Waals surface area contributed by atoms with Crippen LogP contribution in [0.4, 0.5) is 5.00 Å². The standard InChI is InChI=1S/C16H18N2O6S/c1-3-24-16(23)14-10-6-7-18(9(2)19)8-11(10)25-15(14)17-12(20)4-5-13(21)22/h4-5H,3,6-8H2,1-2H3,(H,17,20)(H,21,22). The average molecular weight is 366 g/mol. The Balaban J connectivity index is 2.35. The Labute approximate surface area is 148 Å². The van der Waals surface area contributed by atoms with Gasteiger partial charge in [-0.25, -0.2) is 9.59 Å². The molecule has 2 rings (SSSR count). The highest BCUT2D eigenvalue weighted by atomic mass is 32.1. The van der Waals surface area contributed by atoms with Gasteiger partial charge in [-0.1, -0.05) is 0 Å². The van der Waals surface area contributed by atoms with Gasteiger partial charge in [0.25, 0.3) is 0 Å². The van der Waals surface area contributed by atoms with Crippen molar-refractivity contribution >= 4 is 40.1 Å². The molecule has 0 saturated carbocycles. The molecule has 0 aromatic carbocycles. The summed E-state index contributed by atoms with van der Waals surface area (Å²) in [5, 5.41) is 11.4. The number of hydrogen-bond donors (Lipinski definition) is 2. The molecule has 0 aliphatic carbocycles. The predicted molar refractivity (Wildman–Crippen MR) is 90.5 cm³/mol. The third kappa shape index (κ3) is 4.44. The van der Waals surface area contributed by atoms with E-state index >= 15 is 0 Å². The van der Waals surface area contributed by atoms with Crippen molar-refractivity contribution in [3.8, 4) is 0 Å². The van der Waals surface area contributed by atoms with Crippen LogP contribution < -0.4 is 5.32 Å². The number of carbonyl (C=O) groups is 4. The first-order valence-electron chi connectivity index (χ1n) is 7.62. The maximum atomic E-state index is 12.3. The van der Waals surface area contributed by atoms with E-state index in [1.807, 2.05) is 0 Å². The normalized spacial score (nSPS) is 13.4.